The van der Waals surface area contributed by atoms with Crippen molar-refractivity contribution in [2.24, 2.45) is 28.9 Å². The van der Waals surface area contributed by atoms with E-state index in [2.05, 4.69) is 110 Å². The highest BCUT2D eigenvalue weighted by atomic mass is 32.1. The Kier molecular flexibility index (Phi) is 39.6. The first-order valence-corrected chi connectivity index (χ1v) is 40.8. The molecule has 13 atom stereocenters. The summed E-state index contributed by atoms with van der Waals surface area (Å²) < 4.78 is 0. The number of phenols is 1. The molecule has 2 heterocycles. The third-order valence-corrected chi connectivity index (χ3v) is 20.2. The molecule has 6 rings (SSSR count). The monoisotopic (exact) mass is 1730 g/mol. The van der Waals surface area contributed by atoms with Crippen molar-refractivity contribution in [1.29, 1.82) is 0 Å². The fourth-order valence-electron chi connectivity index (χ4n) is 12.8. The van der Waals surface area contributed by atoms with Gasteiger partial charge in [0.2, 0.25) is 100 Å². The number of fused-ring (bicyclic) bond motifs is 2. The van der Waals surface area contributed by atoms with Crippen LogP contribution in [0.5, 0.6) is 5.75 Å². The van der Waals surface area contributed by atoms with Gasteiger partial charge in [0.05, 0.1) is 12.6 Å². The van der Waals surface area contributed by atoms with Gasteiger partial charge in [-0.1, -0.05) is 92.7 Å². The van der Waals surface area contributed by atoms with E-state index in [0.29, 0.717) is 63.4 Å². The van der Waals surface area contributed by atoms with Crippen LogP contribution in [0.15, 0.2) is 116 Å². The number of aliphatic hydroxyl groups is 1. The summed E-state index contributed by atoms with van der Waals surface area (Å²) in [5.74, 6) is -17.0. The van der Waals surface area contributed by atoms with Crippen LogP contribution in [-0.4, -0.2) is 230 Å². The first kappa shape index (κ1) is 98.2. The van der Waals surface area contributed by atoms with Gasteiger partial charge in [0, 0.05) is 104 Å². The number of phenolic OH excluding ortho intramolecular Hbond substituents is 1. The molecule has 17 amide bonds. The maximum atomic E-state index is 15.1. The molecule has 4 aromatic carbocycles. The molecular formula is C81H110N20O19S2. The number of aromatic nitrogens is 2. The predicted octanol–water partition coefficient (Wildman–Crippen LogP) is -3.85. The Labute approximate surface area is 713 Å². The number of para-hydroxylation sites is 2. The lowest BCUT2D eigenvalue weighted by Crippen LogP contribution is -2.62. The van der Waals surface area contributed by atoms with Crippen molar-refractivity contribution < 1.29 is 91.7 Å². The second-order valence-corrected chi connectivity index (χ2v) is 30.3. The third kappa shape index (κ3) is 31.8. The van der Waals surface area contributed by atoms with Crippen LogP contribution in [0.2, 0.25) is 0 Å². The highest BCUT2D eigenvalue weighted by Gasteiger charge is 2.39. The van der Waals surface area contributed by atoms with Crippen LogP contribution in [0.1, 0.15) is 108 Å². The molecule has 26 N–H and O–H groups in total. The number of aromatic amines is 2. The number of amides is 17. The number of aliphatic hydroxyl groups excluding tert-OH is 1. The number of carbonyl (C=O) groups is 17. The summed E-state index contributed by atoms with van der Waals surface area (Å²) >= 11 is 8.47. The summed E-state index contributed by atoms with van der Waals surface area (Å²) in [7, 11) is 0. The van der Waals surface area contributed by atoms with Gasteiger partial charge in [-0.15, -0.1) is 0 Å². The van der Waals surface area contributed by atoms with Crippen LogP contribution >= 0.6 is 25.3 Å². The minimum atomic E-state index is -1.91. The van der Waals surface area contributed by atoms with Crippen LogP contribution in [-0.2, 0) is 107 Å². The van der Waals surface area contributed by atoms with Crippen LogP contribution in [0.3, 0.4) is 0 Å². The number of nitrogens with two attached hydrogens (primary N) is 4. The van der Waals surface area contributed by atoms with Gasteiger partial charge >= 0.3 is 0 Å². The fourth-order valence-corrected chi connectivity index (χ4v) is 13.3. The van der Waals surface area contributed by atoms with E-state index in [-0.39, 0.29) is 56.6 Å². The molecule has 41 heteroatoms. The van der Waals surface area contributed by atoms with Gasteiger partial charge in [-0.05, 0) is 105 Å². The van der Waals surface area contributed by atoms with Gasteiger partial charge in [-0.3, -0.25) is 81.5 Å². The number of rotatable bonds is 51. The molecule has 39 nitrogen and oxygen atoms in total. The van der Waals surface area contributed by atoms with E-state index in [9.17, 15) is 86.9 Å². The smallest absolute Gasteiger partial charge is 0.245 e. The maximum absolute atomic E-state index is 15.1. The molecule has 0 fully saturated rings. The van der Waals surface area contributed by atoms with Crippen molar-refractivity contribution in [2.45, 2.75) is 190 Å². The topological polar surface area (TPSA) is 635 Å². The van der Waals surface area contributed by atoms with Crippen molar-refractivity contribution in [3.63, 3.8) is 0 Å². The summed E-state index contributed by atoms with van der Waals surface area (Å²) in [5, 5.41) is 58.0. The molecule has 6 aromatic rings. The highest BCUT2D eigenvalue weighted by Crippen LogP contribution is 2.23. The van der Waals surface area contributed by atoms with Gasteiger partial charge in [0.15, 0.2) is 0 Å². The van der Waals surface area contributed by atoms with E-state index in [1.807, 2.05) is 0 Å². The van der Waals surface area contributed by atoms with Crippen LogP contribution in [0.4, 0.5) is 0 Å². The van der Waals surface area contributed by atoms with Crippen LogP contribution in [0.25, 0.3) is 21.8 Å². The standard InChI is InChI=1S/C81H110N20O19S2/c1-42(2)68(80(119)97-58(33-46-15-7-6-8-16-46)72(111)89-39-67(108)86-32-30-66(107)92-55(70(85)109)21-13-14-31-82)100-71(110)43(3)90-75(114)60(35-48-37-87-53-19-11-9-17-51(48)53)96-76(115)59(34-47-22-24-50(104)25-23-47)95-79(118)63(41-122)99-73(112)56(26-28-64(83)105)93-77(116)61(36-49-38-88-54-20-12-10-18-52(49)54)98-81(120)69(44(4)102)101-74(113)57(27-29-65(84)106)94-78(117)62(40-121)91-45(5)103/h6-12,15-20,22-25,37-38,42-44,55-63,68-69,87-88,102,104,121-122H,13-14,21,26-36,39-41,82H2,1-5H3,(H2,83,105)(H2,84,106)(H2,85,109)(H,86,108)(H,89,111)(H,90,114)(H,91,103)(H,92,107)(H,93,116)(H,94,117)(H,95,118)(H,96,115)(H,97,119)(H,98,120)(H,99,112)(H,100,110)(H,101,113)/t43-,44-,55-,56+,57+,58+,59+,60+,61+,62+,63+,68+,69+/m1/s1. The number of hydrogen-bond acceptors (Lipinski definition) is 22. The van der Waals surface area contributed by atoms with Crippen LogP contribution < -0.4 is 97.4 Å². The average Bonchev–Trinajstić information content (AvgIpc) is 1.67. The first-order valence-electron chi connectivity index (χ1n) is 39.5. The molecule has 2 aromatic heterocycles. The zero-order valence-corrected chi connectivity index (χ0v) is 69.9. The number of aromatic hydroxyl groups is 1. The maximum Gasteiger partial charge on any atom is 0.245 e. The second kappa shape index (κ2) is 49.2. The molecule has 0 saturated heterocycles. The molecule has 660 valence electrons. The van der Waals surface area contributed by atoms with Gasteiger partial charge in [0.25, 0.3) is 0 Å². The highest BCUT2D eigenvalue weighted by molar-refractivity contribution is 7.80. The molecule has 0 bridgehead atoms. The number of benzene rings is 4. The van der Waals surface area contributed by atoms with Gasteiger partial charge in [0.1, 0.15) is 78.3 Å². The molecule has 0 aliphatic carbocycles. The van der Waals surface area contributed by atoms with Gasteiger partial charge in [-0.25, -0.2) is 0 Å². The average molecular weight is 1730 g/mol. The zero-order valence-electron chi connectivity index (χ0n) is 68.1. The summed E-state index contributed by atoms with van der Waals surface area (Å²) in [6.07, 6.45) is -0.419. The number of primary amides is 3. The molecule has 0 spiro atoms. The molecule has 0 aliphatic heterocycles. The molecule has 0 radical (unpaired) electrons. The van der Waals surface area contributed by atoms with E-state index in [4.69, 9.17) is 22.9 Å². The lowest BCUT2D eigenvalue weighted by atomic mass is 10.00. The normalized spacial score (nSPS) is 14.3. The van der Waals surface area contributed by atoms with E-state index in [1.165, 1.54) is 37.4 Å². The van der Waals surface area contributed by atoms with Gasteiger partial charge < -0.3 is 118 Å². The van der Waals surface area contributed by atoms with Crippen molar-refractivity contribution in [3.8, 4) is 5.75 Å². The Morgan fingerprint density at radius 3 is 1.30 bits per heavy atom. The number of unbranched alkanes of at least 4 members (excludes halogenated alkanes) is 1. The Morgan fingerprint density at radius 1 is 0.402 bits per heavy atom. The van der Waals surface area contributed by atoms with Crippen molar-refractivity contribution in [1.82, 2.24) is 84.4 Å². The first-order chi connectivity index (χ1) is 58.0. The number of thiol groups is 2. The Morgan fingerprint density at radius 2 is 0.820 bits per heavy atom. The molecule has 0 aliphatic rings. The Hall–Kier alpha value is -12.6. The predicted molar refractivity (Wildman–Crippen MR) is 454 cm³/mol. The lowest BCUT2D eigenvalue weighted by molar-refractivity contribution is -0.137. The summed E-state index contributed by atoms with van der Waals surface area (Å²) in [6.45, 7) is 6.41. The minimum absolute atomic E-state index is 0.0842. The van der Waals surface area contributed by atoms with Crippen molar-refractivity contribution >= 4 is 147 Å². The van der Waals surface area contributed by atoms with Crippen molar-refractivity contribution in [3.05, 3.63) is 138 Å². The number of carbonyl (C=O) groups excluding carboxylic acids is 17. The van der Waals surface area contributed by atoms with E-state index < -0.39 is 223 Å². The molecule has 0 unspecified atom stereocenters. The molecule has 0 saturated carbocycles. The Bertz CT molecular complexity index is 4660. The molecular weight excluding hydrogens is 1620 g/mol. The summed E-state index contributed by atoms with van der Waals surface area (Å²) in [5.41, 5.74) is 25.1. The summed E-state index contributed by atoms with van der Waals surface area (Å²) in [6, 6.07) is 9.65. The molecule has 122 heavy (non-hydrogen) atoms. The van der Waals surface area contributed by atoms with E-state index in [1.54, 1.807) is 98.9 Å². The van der Waals surface area contributed by atoms with E-state index >= 15 is 4.79 Å². The number of hydrogen-bond donors (Lipinski definition) is 24. The quantitative estimate of drug-likeness (QED) is 0.0128. The third-order valence-electron chi connectivity index (χ3n) is 19.5. The SMILES string of the molecule is CC(=O)N[C@@H](CS)C(=O)N[C@@H](CCC(N)=O)C(=O)N[C@H](C(=O)N[C@@H](Cc1c[nH]c2ccccc12)C(=O)N[C@@H](CCC(N)=O)C(=O)N[C@@H](CS)C(=O)N[C@@H](Cc1ccc(O)cc1)C(=O)N[C@@H](Cc1c[nH]c2ccccc12)C(=O)N[C@H](C)C(=O)N[C@H](C(=O)N[C@@H](Cc1ccccc1)C(=O)NCC(=O)NCCC(=O)N[C@H](CCCCN)C(N)=O)C(C)C)[C@@H](C)O. The fraction of sp³-hybridized carbons (Fsp3) is 0.444. The number of nitrogens with one attached hydrogen (secondary N) is 16. The minimum Gasteiger partial charge on any atom is -0.508 e. The van der Waals surface area contributed by atoms with Gasteiger partial charge in [-0.2, -0.15) is 25.3 Å². The largest absolute Gasteiger partial charge is 0.508 e. The second-order valence-electron chi connectivity index (χ2n) is 29.6. The van der Waals surface area contributed by atoms with E-state index in [0.717, 1.165) is 13.8 Å². The Balaban J connectivity index is 1.21. The number of H-pyrrole nitrogens is 2. The summed E-state index contributed by atoms with van der Waals surface area (Å²) in [4.78, 5) is 239. The van der Waals surface area contributed by atoms with Crippen LogP contribution in [0, 0.1) is 5.92 Å². The lowest BCUT2D eigenvalue weighted by Gasteiger charge is -2.29. The zero-order chi connectivity index (χ0) is 89.9. The van der Waals surface area contributed by atoms with Crippen molar-refractivity contribution in [2.75, 3.05) is 31.1 Å².